The van der Waals surface area contributed by atoms with Crippen molar-refractivity contribution in [3.63, 3.8) is 0 Å². The molecule has 35 heavy (non-hydrogen) atoms. The van der Waals surface area contributed by atoms with E-state index in [4.69, 9.17) is 4.98 Å². The SMILES string of the molecule is CCn1c(SCC(=O)Nc2ccc(Br)cc2)nnc1-c1cc(-c2ccccc2)nc2ccccc12. The van der Waals surface area contributed by atoms with Gasteiger partial charge in [-0.05, 0) is 43.3 Å². The normalized spacial score (nSPS) is 11.0. The van der Waals surface area contributed by atoms with E-state index in [1.165, 1.54) is 11.8 Å². The summed E-state index contributed by atoms with van der Waals surface area (Å²) in [6.45, 7) is 2.73. The van der Waals surface area contributed by atoms with Crippen molar-refractivity contribution in [1.29, 1.82) is 0 Å². The first kappa shape index (κ1) is 23.3. The molecule has 0 unspecified atom stereocenters. The zero-order valence-corrected chi connectivity index (χ0v) is 21.4. The molecule has 8 heteroatoms. The van der Waals surface area contributed by atoms with Crippen LogP contribution in [-0.2, 0) is 11.3 Å². The lowest BCUT2D eigenvalue weighted by molar-refractivity contribution is -0.113. The second kappa shape index (κ2) is 10.4. The van der Waals surface area contributed by atoms with Crippen molar-refractivity contribution < 1.29 is 4.79 Å². The lowest BCUT2D eigenvalue weighted by Crippen LogP contribution is -2.14. The Balaban J connectivity index is 1.45. The molecule has 0 atom stereocenters. The molecular weight excluding hydrogens is 522 g/mol. The number of rotatable bonds is 7. The monoisotopic (exact) mass is 543 g/mol. The maximum atomic E-state index is 12.5. The summed E-state index contributed by atoms with van der Waals surface area (Å²) < 4.78 is 3.02. The second-order valence-corrected chi connectivity index (χ2v) is 9.69. The van der Waals surface area contributed by atoms with Gasteiger partial charge in [-0.15, -0.1) is 10.2 Å². The minimum absolute atomic E-state index is 0.0924. The van der Waals surface area contributed by atoms with Gasteiger partial charge in [0.05, 0.1) is 17.0 Å². The number of para-hydroxylation sites is 1. The predicted octanol–water partition coefficient (Wildman–Crippen LogP) is 6.67. The number of carbonyl (C=O) groups is 1. The summed E-state index contributed by atoms with van der Waals surface area (Å²) in [6, 6.07) is 27.8. The molecule has 0 saturated heterocycles. The van der Waals surface area contributed by atoms with Crippen LogP contribution in [-0.4, -0.2) is 31.4 Å². The molecule has 0 bridgehead atoms. The van der Waals surface area contributed by atoms with Gasteiger partial charge in [0.25, 0.3) is 0 Å². The molecule has 1 amide bonds. The number of halogens is 1. The van der Waals surface area contributed by atoms with Crippen LogP contribution in [0.15, 0.2) is 94.6 Å². The summed E-state index contributed by atoms with van der Waals surface area (Å²) in [5, 5.41) is 13.6. The quantitative estimate of drug-likeness (QED) is 0.232. The fourth-order valence-corrected chi connectivity index (χ4v) is 4.92. The topological polar surface area (TPSA) is 72.7 Å². The van der Waals surface area contributed by atoms with Crippen molar-refractivity contribution in [2.45, 2.75) is 18.6 Å². The van der Waals surface area contributed by atoms with Crippen LogP contribution >= 0.6 is 27.7 Å². The number of hydrogen-bond acceptors (Lipinski definition) is 5. The summed E-state index contributed by atoms with van der Waals surface area (Å²) in [6.07, 6.45) is 0. The number of amides is 1. The Morgan fingerprint density at radius 1 is 0.971 bits per heavy atom. The summed E-state index contributed by atoms with van der Waals surface area (Å²) in [4.78, 5) is 17.4. The van der Waals surface area contributed by atoms with Gasteiger partial charge in [0.1, 0.15) is 0 Å². The average molecular weight is 544 g/mol. The third-order valence-corrected chi connectivity index (χ3v) is 7.02. The van der Waals surface area contributed by atoms with E-state index in [0.29, 0.717) is 11.7 Å². The van der Waals surface area contributed by atoms with Gasteiger partial charge in [0, 0.05) is 33.2 Å². The minimum atomic E-state index is -0.0924. The van der Waals surface area contributed by atoms with Gasteiger partial charge < -0.3 is 9.88 Å². The maximum absolute atomic E-state index is 12.5. The number of fused-ring (bicyclic) bond motifs is 1. The third kappa shape index (κ3) is 5.13. The van der Waals surface area contributed by atoms with E-state index in [1.807, 2.05) is 65.2 Å². The number of thioether (sulfide) groups is 1. The highest BCUT2D eigenvalue weighted by atomic mass is 79.9. The third-order valence-electron chi connectivity index (χ3n) is 5.52. The summed E-state index contributed by atoms with van der Waals surface area (Å²) in [7, 11) is 0. The summed E-state index contributed by atoms with van der Waals surface area (Å²) in [5.74, 6) is 0.907. The zero-order valence-electron chi connectivity index (χ0n) is 19.0. The van der Waals surface area contributed by atoms with Crippen LogP contribution in [0.4, 0.5) is 5.69 Å². The molecule has 5 aromatic rings. The molecule has 0 spiro atoms. The second-order valence-electron chi connectivity index (χ2n) is 7.83. The number of anilines is 1. The number of nitrogens with zero attached hydrogens (tertiary/aromatic N) is 4. The van der Waals surface area contributed by atoms with Crippen molar-refractivity contribution in [1.82, 2.24) is 19.7 Å². The molecule has 0 fully saturated rings. The van der Waals surface area contributed by atoms with Crippen molar-refractivity contribution in [2.75, 3.05) is 11.1 Å². The van der Waals surface area contributed by atoms with E-state index in [1.54, 1.807) is 0 Å². The highest BCUT2D eigenvalue weighted by molar-refractivity contribution is 9.10. The molecular formula is C27H22BrN5OS. The molecule has 0 saturated carbocycles. The molecule has 0 radical (unpaired) electrons. The fraction of sp³-hybridized carbons (Fsp3) is 0.111. The van der Waals surface area contributed by atoms with E-state index in [0.717, 1.165) is 43.7 Å². The van der Waals surface area contributed by atoms with E-state index in [-0.39, 0.29) is 11.7 Å². The molecule has 1 N–H and O–H groups in total. The van der Waals surface area contributed by atoms with Gasteiger partial charge in [-0.2, -0.15) is 0 Å². The van der Waals surface area contributed by atoms with Crippen LogP contribution in [0, 0.1) is 0 Å². The number of nitrogens with one attached hydrogen (secondary N) is 1. The molecule has 6 nitrogen and oxygen atoms in total. The summed E-state index contributed by atoms with van der Waals surface area (Å²) >= 11 is 4.78. The first-order valence-corrected chi connectivity index (χ1v) is 13.0. The Hall–Kier alpha value is -3.49. The maximum Gasteiger partial charge on any atom is 0.234 e. The zero-order chi connectivity index (χ0) is 24.2. The average Bonchev–Trinajstić information content (AvgIpc) is 3.31. The number of pyridine rings is 1. The molecule has 2 heterocycles. The Kier molecular flexibility index (Phi) is 6.92. The van der Waals surface area contributed by atoms with Gasteiger partial charge in [-0.3, -0.25) is 4.79 Å². The number of hydrogen-bond donors (Lipinski definition) is 1. The molecule has 3 aromatic carbocycles. The van der Waals surface area contributed by atoms with Crippen LogP contribution < -0.4 is 5.32 Å². The minimum Gasteiger partial charge on any atom is -0.325 e. The first-order valence-electron chi connectivity index (χ1n) is 11.2. The standard InChI is InChI=1S/C27H22BrN5OS/c1-2-33-26(31-32-27(33)35-17-25(34)29-20-14-12-19(28)13-15-20)22-16-24(18-8-4-3-5-9-18)30-23-11-7-6-10-21(22)23/h3-16H,2,17H2,1H3,(H,29,34). The van der Waals surface area contributed by atoms with Crippen molar-refractivity contribution in [3.05, 3.63) is 89.4 Å². The fourth-order valence-electron chi connectivity index (χ4n) is 3.86. The van der Waals surface area contributed by atoms with Crippen LogP contribution in [0.3, 0.4) is 0 Å². The van der Waals surface area contributed by atoms with Crippen LogP contribution in [0.2, 0.25) is 0 Å². The number of carbonyl (C=O) groups excluding carboxylic acids is 1. The molecule has 0 aliphatic rings. The predicted molar refractivity (Wildman–Crippen MR) is 145 cm³/mol. The first-order chi connectivity index (χ1) is 17.1. The van der Waals surface area contributed by atoms with Gasteiger partial charge in [-0.25, -0.2) is 4.98 Å². The Bertz CT molecular complexity index is 1490. The van der Waals surface area contributed by atoms with E-state index >= 15 is 0 Å². The lowest BCUT2D eigenvalue weighted by atomic mass is 10.0. The van der Waals surface area contributed by atoms with Gasteiger partial charge in [0.2, 0.25) is 5.91 Å². The van der Waals surface area contributed by atoms with Gasteiger partial charge in [0.15, 0.2) is 11.0 Å². The molecule has 0 aliphatic heterocycles. The lowest BCUT2D eigenvalue weighted by Gasteiger charge is -2.12. The highest BCUT2D eigenvalue weighted by Gasteiger charge is 2.18. The van der Waals surface area contributed by atoms with Gasteiger partial charge >= 0.3 is 0 Å². The Labute approximate surface area is 215 Å². The Morgan fingerprint density at radius 3 is 2.49 bits per heavy atom. The van der Waals surface area contributed by atoms with Gasteiger partial charge in [-0.1, -0.05) is 76.2 Å². The molecule has 2 aromatic heterocycles. The molecule has 5 rings (SSSR count). The van der Waals surface area contributed by atoms with Crippen molar-refractivity contribution in [3.8, 4) is 22.6 Å². The summed E-state index contributed by atoms with van der Waals surface area (Å²) in [5.41, 5.74) is 4.55. The Morgan fingerprint density at radius 2 is 1.71 bits per heavy atom. The van der Waals surface area contributed by atoms with E-state index in [2.05, 4.69) is 62.6 Å². The molecule has 0 aliphatic carbocycles. The van der Waals surface area contributed by atoms with Crippen LogP contribution in [0.5, 0.6) is 0 Å². The van der Waals surface area contributed by atoms with Crippen molar-refractivity contribution in [2.24, 2.45) is 0 Å². The van der Waals surface area contributed by atoms with Crippen LogP contribution in [0.25, 0.3) is 33.5 Å². The van der Waals surface area contributed by atoms with Crippen molar-refractivity contribution >= 4 is 50.2 Å². The largest absolute Gasteiger partial charge is 0.325 e. The smallest absolute Gasteiger partial charge is 0.234 e. The van der Waals surface area contributed by atoms with E-state index < -0.39 is 0 Å². The number of aromatic nitrogens is 4. The molecule has 174 valence electrons. The van der Waals surface area contributed by atoms with E-state index in [9.17, 15) is 4.79 Å². The highest BCUT2D eigenvalue weighted by Crippen LogP contribution is 2.33. The number of benzene rings is 3. The van der Waals surface area contributed by atoms with Crippen LogP contribution in [0.1, 0.15) is 6.92 Å².